The van der Waals surface area contributed by atoms with Crippen molar-refractivity contribution in [2.24, 2.45) is 0 Å². The van der Waals surface area contributed by atoms with Gasteiger partial charge in [-0.05, 0) is 38.7 Å². The van der Waals surface area contributed by atoms with E-state index < -0.39 is 0 Å². The van der Waals surface area contributed by atoms with Crippen molar-refractivity contribution in [1.82, 2.24) is 0 Å². The molecule has 0 nitrogen and oxygen atoms in total. The van der Waals surface area contributed by atoms with E-state index >= 15 is 0 Å². The van der Waals surface area contributed by atoms with Crippen molar-refractivity contribution in [3.05, 3.63) is 24.3 Å². The van der Waals surface area contributed by atoms with Gasteiger partial charge in [0.05, 0.1) is 0 Å². The molecule has 0 saturated carbocycles. The summed E-state index contributed by atoms with van der Waals surface area (Å²) in [5.74, 6) is 0.792. The fourth-order valence-electron chi connectivity index (χ4n) is 1.43. The Hall–Kier alpha value is -0.0131. The summed E-state index contributed by atoms with van der Waals surface area (Å²) >= 11 is 5.67. The number of hydrogen-bond acceptors (Lipinski definition) is 0. The van der Waals surface area contributed by atoms with Gasteiger partial charge in [-0.1, -0.05) is 17.2 Å². The highest BCUT2D eigenvalue weighted by Crippen LogP contribution is 2.24. The fraction of sp³-hybridized carbons (Fsp3) is 0.667. The van der Waals surface area contributed by atoms with E-state index in [2.05, 4.69) is 27.0 Å². The zero-order valence-electron chi connectivity index (χ0n) is 9.41. The summed E-state index contributed by atoms with van der Waals surface area (Å²) in [7, 11) is 1.01. The zero-order valence-corrected chi connectivity index (χ0v) is 11.2. The van der Waals surface area contributed by atoms with Crippen LogP contribution in [-0.4, -0.2) is 15.4 Å². The van der Waals surface area contributed by atoms with E-state index in [1.165, 1.54) is 17.2 Å². The van der Waals surface area contributed by atoms with Gasteiger partial charge in [0.15, 0.2) is 0 Å². The molecular formula is C12H21ClSi. The van der Waals surface area contributed by atoms with Crippen molar-refractivity contribution >= 4 is 21.1 Å². The zero-order chi connectivity index (χ0) is 11.0. The lowest BCUT2D eigenvalue weighted by atomic mass is 10.1. The predicted molar refractivity (Wildman–Crippen MR) is 68.5 cm³/mol. The summed E-state index contributed by atoms with van der Waals surface area (Å²) in [6.07, 6.45) is 3.43. The van der Waals surface area contributed by atoms with Crippen molar-refractivity contribution < 1.29 is 0 Å². The molecule has 0 aliphatic rings. The molecule has 14 heavy (non-hydrogen) atoms. The summed E-state index contributed by atoms with van der Waals surface area (Å²) < 4.78 is 0. The van der Waals surface area contributed by atoms with Gasteiger partial charge < -0.3 is 0 Å². The fourth-order valence-corrected chi connectivity index (χ4v) is 3.56. The van der Waals surface area contributed by atoms with Gasteiger partial charge >= 0.3 is 0 Å². The van der Waals surface area contributed by atoms with Gasteiger partial charge in [-0.25, -0.2) is 0 Å². The third kappa shape index (κ3) is 8.58. The average molecular weight is 229 g/mol. The highest BCUT2D eigenvalue weighted by Gasteiger charge is 2.09. The van der Waals surface area contributed by atoms with E-state index in [9.17, 15) is 0 Å². The van der Waals surface area contributed by atoms with Gasteiger partial charge in [0.25, 0.3) is 0 Å². The van der Waals surface area contributed by atoms with Crippen molar-refractivity contribution in [2.75, 3.05) is 5.88 Å². The molecule has 2 radical (unpaired) electrons. The van der Waals surface area contributed by atoms with Crippen LogP contribution in [0.2, 0.25) is 11.6 Å². The Balaban J connectivity index is 3.84. The number of hydrogen-bond donors (Lipinski definition) is 0. The van der Waals surface area contributed by atoms with Crippen LogP contribution in [0.25, 0.3) is 0 Å². The first kappa shape index (κ1) is 14.0. The van der Waals surface area contributed by atoms with Gasteiger partial charge in [-0.2, -0.15) is 0 Å². The molecule has 0 fully saturated rings. The van der Waals surface area contributed by atoms with Crippen LogP contribution in [-0.2, 0) is 0 Å². The van der Waals surface area contributed by atoms with Gasteiger partial charge in [0.1, 0.15) is 0 Å². The minimum atomic E-state index is 0.758. The normalized spacial score (nSPS) is 10.6. The lowest BCUT2D eigenvalue weighted by molar-refractivity contribution is 0.787. The maximum Gasteiger partial charge on any atom is 0.0421 e. The van der Waals surface area contributed by atoms with Gasteiger partial charge in [-0.15, -0.1) is 24.8 Å². The molecule has 0 saturated heterocycles. The van der Waals surface area contributed by atoms with Crippen LogP contribution in [0, 0.1) is 0 Å². The Morgan fingerprint density at radius 1 is 1.21 bits per heavy atom. The van der Waals surface area contributed by atoms with E-state index in [0.717, 1.165) is 40.2 Å². The summed E-state index contributed by atoms with van der Waals surface area (Å²) in [6, 6.07) is 1.26. The molecule has 0 aromatic rings. The van der Waals surface area contributed by atoms with Gasteiger partial charge in [-0.3, -0.25) is 0 Å². The van der Waals surface area contributed by atoms with E-state index in [1.54, 1.807) is 0 Å². The first-order valence-electron chi connectivity index (χ1n) is 5.14. The van der Waals surface area contributed by atoms with E-state index in [0.29, 0.717) is 0 Å². The molecule has 0 spiro atoms. The second-order valence-corrected chi connectivity index (χ2v) is 6.12. The first-order valence-corrected chi connectivity index (χ1v) is 6.96. The average Bonchev–Trinajstić information content (AvgIpc) is 2.02. The first-order chi connectivity index (χ1) is 6.56. The van der Waals surface area contributed by atoms with Crippen molar-refractivity contribution in [3.63, 3.8) is 0 Å². The second kappa shape index (κ2) is 8.31. The topological polar surface area (TPSA) is 0 Å². The van der Waals surface area contributed by atoms with Crippen LogP contribution < -0.4 is 0 Å². The number of rotatable bonds is 8. The maximum atomic E-state index is 5.67. The molecular weight excluding hydrogens is 208 g/mol. The minimum Gasteiger partial charge on any atom is -0.127 e. The molecule has 0 aromatic carbocycles. The van der Waals surface area contributed by atoms with Gasteiger partial charge in [0, 0.05) is 15.4 Å². The lowest BCUT2D eigenvalue weighted by Crippen LogP contribution is -2.05. The Morgan fingerprint density at radius 3 is 2.07 bits per heavy atom. The van der Waals surface area contributed by atoms with Crippen molar-refractivity contribution in [2.45, 2.75) is 44.7 Å². The molecule has 80 valence electrons. The summed E-state index contributed by atoms with van der Waals surface area (Å²) in [5, 5.41) is 0. The van der Waals surface area contributed by atoms with Crippen LogP contribution >= 0.6 is 11.6 Å². The van der Waals surface area contributed by atoms with E-state index in [4.69, 9.17) is 11.6 Å². The molecule has 0 bridgehead atoms. The van der Waals surface area contributed by atoms with Crippen molar-refractivity contribution in [3.8, 4) is 0 Å². The smallest absolute Gasteiger partial charge is 0.0421 e. The molecule has 0 heterocycles. The highest BCUT2D eigenvalue weighted by molar-refractivity contribution is 6.37. The predicted octanol–water partition coefficient (Wildman–Crippen LogP) is 4.46. The van der Waals surface area contributed by atoms with Crippen LogP contribution in [0.5, 0.6) is 0 Å². The van der Waals surface area contributed by atoms with Crippen molar-refractivity contribution in [1.29, 1.82) is 0 Å². The lowest BCUT2D eigenvalue weighted by Gasteiger charge is -2.15. The largest absolute Gasteiger partial charge is 0.127 e. The third-order valence-electron chi connectivity index (χ3n) is 1.93. The summed E-state index contributed by atoms with van der Waals surface area (Å²) in [6.45, 7) is 12.2. The minimum absolute atomic E-state index is 0.758. The standard InChI is InChI=1S/C12H21ClSi/c1-10(2)8-12(9-11(3)4)14-7-5-6-13/h12H,1,3,5-9H2,2,4H3. The number of alkyl halides is 1. The van der Waals surface area contributed by atoms with Crippen LogP contribution in [0.1, 0.15) is 33.1 Å². The molecule has 2 heteroatoms. The third-order valence-corrected chi connectivity index (χ3v) is 3.83. The van der Waals surface area contributed by atoms with Crippen LogP contribution in [0.15, 0.2) is 24.3 Å². The molecule has 0 amide bonds. The Morgan fingerprint density at radius 2 is 1.71 bits per heavy atom. The molecule has 0 aliphatic heterocycles. The molecule has 0 N–H and O–H groups in total. The van der Waals surface area contributed by atoms with Gasteiger partial charge in [0.2, 0.25) is 0 Å². The SMILES string of the molecule is C=C(C)CC(CC(=C)C)[Si]CCCCl. The van der Waals surface area contributed by atoms with E-state index in [-0.39, 0.29) is 0 Å². The number of allylic oxidation sites excluding steroid dienone is 2. The summed E-state index contributed by atoms with van der Waals surface area (Å²) in [5.41, 5.74) is 3.33. The van der Waals surface area contributed by atoms with E-state index in [1.807, 2.05) is 0 Å². The molecule has 0 aliphatic carbocycles. The Kier molecular flexibility index (Phi) is 8.30. The molecule has 0 rings (SSSR count). The monoisotopic (exact) mass is 228 g/mol. The number of halogens is 1. The second-order valence-electron chi connectivity index (χ2n) is 4.02. The molecule has 0 atom stereocenters. The highest BCUT2D eigenvalue weighted by atomic mass is 35.5. The quantitative estimate of drug-likeness (QED) is 0.249. The Labute approximate surface area is 96.3 Å². The molecule has 0 aromatic heterocycles. The van der Waals surface area contributed by atoms with Crippen LogP contribution in [0.4, 0.5) is 0 Å². The summed E-state index contributed by atoms with van der Waals surface area (Å²) in [4.78, 5) is 0. The molecule has 0 unspecified atom stereocenters. The van der Waals surface area contributed by atoms with Crippen LogP contribution in [0.3, 0.4) is 0 Å². The maximum absolute atomic E-state index is 5.67. The Bertz CT molecular complexity index is 171.